The maximum absolute atomic E-state index is 12.4. The Balaban J connectivity index is 2.47. The summed E-state index contributed by atoms with van der Waals surface area (Å²) in [6.07, 6.45) is 5.73. The van der Waals surface area contributed by atoms with E-state index in [1.807, 2.05) is 18.2 Å². The number of carbonyl (C=O) groups excluding carboxylic acids is 1. The lowest BCUT2D eigenvalue weighted by atomic mass is 9.97. The van der Waals surface area contributed by atoms with Crippen molar-refractivity contribution in [3.8, 4) is 12.3 Å². The van der Waals surface area contributed by atoms with E-state index in [9.17, 15) is 4.79 Å². The molecule has 0 fully saturated rings. The zero-order valence-corrected chi connectivity index (χ0v) is 10.4. The van der Waals surface area contributed by atoms with Gasteiger partial charge in [0, 0.05) is 22.6 Å². The van der Waals surface area contributed by atoms with E-state index in [1.54, 1.807) is 30.3 Å². The molecule has 2 aromatic rings. The van der Waals surface area contributed by atoms with E-state index >= 15 is 0 Å². The lowest BCUT2D eigenvalue weighted by Gasteiger charge is -2.07. The molecule has 0 aliphatic heterocycles. The van der Waals surface area contributed by atoms with Crippen molar-refractivity contribution < 1.29 is 4.79 Å². The second-order valence-electron chi connectivity index (χ2n) is 3.88. The first kappa shape index (κ1) is 12.4. The predicted octanol–water partition coefficient (Wildman–Crippen LogP) is 3.75. The van der Waals surface area contributed by atoms with Gasteiger partial charge in [-0.25, -0.2) is 0 Å². The minimum Gasteiger partial charge on any atom is -0.289 e. The third kappa shape index (κ3) is 2.61. The Kier molecular flexibility index (Phi) is 3.82. The molecular weight excluding hydrogens is 244 g/mol. The van der Waals surface area contributed by atoms with Crippen molar-refractivity contribution in [2.75, 3.05) is 0 Å². The topological polar surface area (TPSA) is 17.1 Å². The molecule has 18 heavy (non-hydrogen) atoms. The molecule has 88 valence electrons. The Morgan fingerprint density at radius 1 is 1.17 bits per heavy atom. The van der Waals surface area contributed by atoms with Crippen molar-refractivity contribution in [1.82, 2.24) is 0 Å². The molecule has 0 aliphatic rings. The molecule has 0 saturated heterocycles. The quantitative estimate of drug-likeness (QED) is 0.602. The van der Waals surface area contributed by atoms with Crippen LogP contribution in [0.2, 0.25) is 5.02 Å². The summed E-state index contributed by atoms with van der Waals surface area (Å²) in [6, 6.07) is 14.3. The lowest BCUT2D eigenvalue weighted by molar-refractivity contribution is 0.103. The Morgan fingerprint density at radius 3 is 2.56 bits per heavy atom. The smallest absolute Gasteiger partial charge is 0.193 e. The maximum Gasteiger partial charge on any atom is 0.193 e. The van der Waals surface area contributed by atoms with Gasteiger partial charge in [0.15, 0.2) is 5.78 Å². The van der Waals surface area contributed by atoms with Crippen molar-refractivity contribution >= 4 is 17.4 Å². The van der Waals surface area contributed by atoms with Crippen LogP contribution in [0.25, 0.3) is 0 Å². The summed E-state index contributed by atoms with van der Waals surface area (Å²) < 4.78 is 0. The van der Waals surface area contributed by atoms with E-state index in [1.165, 1.54) is 0 Å². The van der Waals surface area contributed by atoms with E-state index in [0.29, 0.717) is 22.6 Å². The molecule has 0 bridgehead atoms. The normalized spacial score (nSPS) is 9.78. The average molecular weight is 255 g/mol. The van der Waals surface area contributed by atoms with Crippen LogP contribution < -0.4 is 0 Å². The molecule has 0 aliphatic carbocycles. The molecule has 0 aromatic heterocycles. The van der Waals surface area contributed by atoms with Crippen molar-refractivity contribution in [2.45, 2.75) is 6.42 Å². The summed E-state index contributed by atoms with van der Waals surface area (Å²) in [5.41, 5.74) is 2.04. The van der Waals surface area contributed by atoms with E-state index < -0.39 is 0 Å². The van der Waals surface area contributed by atoms with Crippen LogP contribution in [-0.2, 0) is 6.42 Å². The van der Waals surface area contributed by atoms with Crippen LogP contribution in [0.15, 0.2) is 48.5 Å². The van der Waals surface area contributed by atoms with Crippen LogP contribution in [-0.4, -0.2) is 5.78 Å². The van der Waals surface area contributed by atoms with Gasteiger partial charge in [-0.2, -0.15) is 0 Å². The van der Waals surface area contributed by atoms with Crippen LogP contribution in [0.5, 0.6) is 0 Å². The molecular formula is C16H11ClO. The zero-order chi connectivity index (χ0) is 13.0. The zero-order valence-electron chi connectivity index (χ0n) is 9.69. The summed E-state index contributed by atoms with van der Waals surface area (Å²) in [6.45, 7) is 0. The van der Waals surface area contributed by atoms with Gasteiger partial charge in [0.05, 0.1) is 0 Å². The number of benzene rings is 2. The SMILES string of the molecule is C#CCc1ccc(Cl)cc1C(=O)c1ccccc1. The molecule has 0 radical (unpaired) electrons. The summed E-state index contributed by atoms with van der Waals surface area (Å²) in [4.78, 5) is 12.4. The standard InChI is InChI=1S/C16H11ClO/c1-2-6-12-9-10-14(17)11-15(12)16(18)13-7-4-3-5-8-13/h1,3-5,7-11H,6H2. The summed E-state index contributed by atoms with van der Waals surface area (Å²) in [5.74, 6) is 2.50. The Labute approximate surface area is 111 Å². The summed E-state index contributed by atoms with van der Waals surface area (Å²) >= 11 is 5.94. The van der Waals surface area contributed by atoms with Gasteiger partial charge in [-0.1, -0.05) is 48.0 Å². The highest BCUT2D eigenvalue weighted by Gasteiger charge is 2.13. The number of rotatable bonds is 3. The molecule has 0 heterocycles. The number of halogens is 1. The molecule has 2 aromatic carbocycles. The first-order valence-corrected chi connectivity index (χ1v) is 5.92. The maximum atomic E-state index is 12.4. The van der Waals surface area contributed by atoms with Gasteiger partial charge in [-0.05, 0) is 17.7 Å². The molecule has 1 nitrogen and oxygen atoms in total. The Hall–Kier alpha value is -2.04. The summed E-state index contributed by atoms with van der Waals surface area (Å²) in [7, 11) is 0. The number of hydrogen-bond acceptors (Lipinski definition) is 1. The average Bonchev–Trinajstić information content (AvgIpc) is 2.41. The van der Waals surface area contributed by atoms with Gasteiger partial charge in [0.1, 0.15) is 0 Å². The highest BCUT2D eigenvalue weighted by molar-refractivity contribution is 6.31. The highest BCUT2D eigenvalue weighted by Crippen LogP contribution is 2.20. The third-order valence-electron chi connectivity index (χ3n) is 2.65. The van der Waals surface area contributed by atoms with Gasteiger partial charge in [-0.3, -0.25) is 4.79 Å². The van der Waals surface area contributed by atoms with E-state index in [-0.39, 0.29) is 5.78 Å². The molecule has 0 spiro atoms. The van der Waals surface area contributed by atoms with E-state index in [0.717, 1.165) is 5.56 Å². The monoisotopic (exact) mass is 254 g/mol. The van der Waals surface area contributed by atoms with Crippen LogP contribution in [0.4, 0.5) is 0 Å². The van der Waals surface area contributed by atoms with Gasteiger partial charge in [0.2, 0.25) is 0 Å². The minimum absolute atomic E-state index is 0.0525. The van der Waals surface area contributed by atoms with Crippen LogP contribution in [0.3, 0.4) is 0 Å². The minimum atomic E-state index is -0.0525. The van der Waals surface area contributed by atoms with E-state index in [4.69, 9.17) is 18.0 Å². The van der Waals surface area contributed by atoms with Crippen LogP contribution in [0, 0.1) is 12.3 Å². The number of ketones is 1. The number of terminal acetylenes is 1. The second kappa shape index (κ2) is 5.53. The molecule has 0 atom stereocenters. The highest BCUT2D eigenvalue weighted by atomic mass is 35.5. The fourth-order valence-corrected chi connectivity index (χ4v) is 1.94. The number of carbonyl (C=O) groups is 1. The van der Waals surface area contributed by atoms with Gasteiger partial charge in [0.25, 0.3) is 0 Å². The van der Waals surface area contributed by atoms with E-state index in [2.05, 4.69) is 5.92 Å². The lowest BCUT2D eigenvalue weighted by Crippen LogP contribution is -2.05. The largest absolute Gasteiger partial charge is 0.289 e. The second-order valence-corrected chi connectivity index (χ2v) is 4.31. The van der Waals surface area contributed by atoms with Crippen molar-refractivity contribution in [3.05, 3.63) is 70.2 Å². The fraction of sp³-hybridized carbons (Fsp3) is 0.0625. The molecule has 2 rings (SSSR count). The van der Waals surface area contributed by atoms with Gasteiger partial charge < -0.3 is 0 Å². The molecule has 2 heteroatoms. The Morgan fingerprint density at radius 2 is 1.89 bits per heavy atom. The van der Waals surface area contributed by atoms with Crippen molar-refractivity contribution in [2.24, 2.45) is 0 Å². The molecule has 0 N–H and O–H groups in total. The summed E-state index contributed by atoms with van der Waals surface area (Å²) in [5, 5.41) is 0.537. The van der Waals surface area contributed by atoms with Crippen molar-refractivity contribution in [1.29, 1.82) is 0 Å². The van der Waals surface area contributed by atoms with Crippen LogP contribution >= 0.6 is 11.6 Å². The third-order valence-corrected chi connectivity index (χ3v) is 2.88. The fourth-order valence-electron chi connectivity index (χ4n) is 1.77. The van der Waals surface area contributed by atoms with Gasteiger partial charge >= 0.3 is 0 Å². The first-order valence-electron chi connectivity index (χ1n) is 5.54. The van der Waals surface area contributed by atoms with Gasteiger partial charge in [-0.15, -0.1) is 12.3 Å². The van der Waals surface area contributed by atoms with Crippen LogP contribution in [0.1, 0.15) is 21.5 Å². The first-order chi connectivity index (χ1) is 8.72. The Bertz CT molecular complexity index is 609. The number of hydrogen-bond donors (Lipinski definition) is 0. The molecule has 0 saturated carbocycles. The predicted molar refractivity (Wildman–Crippen MR) is 73.9 cm³/mol. The molecule has 0 amide bonds. The molecule has 0 unspecified atom stereocenters. The van der Waals surface area contributed by atoms with Crippen molar-refractivity contribution in [3.63, 3.8) is 0 Å².